The van der Waals surface area contributed by atoms with Gasteiger partial charge in [0.15, 0.2) is 0 Å². The SMILES string of the molecule is O=C1C(CCCc2ccc(F)cc2)C(c2ccc(OC[C@H]3O[C@H](CO)[C@@H](O)[C@H](O)[C@H]3O)cc2)N1c1ccc(F)cc1. The third kappa shape index (κ3) is 6.27. The Bertz CT molecular complexity index is 1300. The minimum Gasteiger partial charge on any atom is -0.491 e. The molecular weight excluding hydrogens is 536 g/mol. The lowest BCUT2D eigenvalue weighted by Crippen LogP contribution is -2.59. The minimum atomic E-state index is -1.48. The van der Waals surface area contributed by atoms with Crippen molar-refractivity contribution in [3.63, 3.8) is 0 Å². The van der Waals surface area contributed by atoms with E-state index in [1.807, 2.05) is 12.1 Å². The van der Waals surface area contributed by atoms with Gasteiger partial charge in [0.05, 0.1) is 18.6 Å². The highest BCUT2D eigenvalue weighted by molar-refractivity contribution is 6.03. The van der Waals surface area contributed by atoms with E-state index in [1.54, 1.807) is 41.3 Å². The van der Waals surface area contributed by atoms with E-state index in [-0.39, 0.29) is 30.3 Å². The predicted molar refractivity (Wildman–Crippen MR) is 145 cm³/mol. The summed E-state index contributed by atoms with van der Waals surface area (Å²) in [5.41, 5.74) is 2.45. The molecule has 0 spiro atoms. The number of nitrogens with zero attached hydrogens (tertiary/aromatic N) is 1. The fraction of sp³-hybridized carbons (Fsp3) is 0.387. The molecule has 3 aromatic carbocycles. The molecule has 0 aromatic heterocycles. The molecule has 2 aliphatic rings. The molecule has 218 valence electrons. The topological polar surface area (TPSA) is 120 Å². The van der Waals surface area contributed by atoms with Crippen molar-refractivity contribution in [1.29, 1.82) is 0 Å². The molecule has 0 radical (unpaired) electrons. The molecule has 0 aliphatic carbocycles. The summed E-state index contributed by atoms with van der Waals surface area (Å²) in [6, 6.07) is 18.9. The Morgan fingerprint density at radius 3 is 2.05 bits per heavy atom. The molecular formula is C31H33F2NO7. The average Bonchev–Trinajstić information content (AvgIpc) is 2.98. The number of amides is 1. The van der Waals surface area contributed by atoms with Crippen molar-refractivity contribution in [3.8, 4) is 5.75 Å². The Kier molecular flexibility index (Phi) is 8.96. The number of carbonyl (C=O) groups is 1. The second-order valence-electron chi connectivity index (χ2n) is 10.5. The number of aryl methyl sites for hydroxylation is 1. The van der Waals surface area contributed by atoms with Gasteiger partial charge in [-0.3, -0.25) is 4.79 Å². The highest BCUT2D eigenvalue weighted by Crippen LogP contribution is 2.46. The number of aliphatic hydroxyl groups excluding tert-OH is 4. The van der Waals surface area contributed by atoms with E-state index in [4.69, 9.17) is 9.47 Å². The molecule has 4 N–H and O–H groups in total. The van der Waals surface area contributed by atoms with Crippen LogP contribution in [-0.4, -0.2) is 70.1 Å². The average molecular weight is 570 g/mol. The van der Waals surface area contributed by atoms with Gasteiger partial charge in [0, 0.05) is 5.69 Å². The molecule has 2 fully saturated rings. The van der Waals surface area contributed by atoms with Crippen molar-refractivity contribution >= 4 is 11.6 Å². The van der Waals surface area contributed by atoms with Gasteiger partial charge in [-0.2, -0.15) is 0 Å². The maximum absolute atomic E-state index is 13.6. The monoisotopic (exact) mass is 569 g/mol. The Labute approximate surface area is 236 Å². The number of hydrogen-bond donors (Lipinski definition) is 4. The maximum atomic E-state index is 13.6. The molecule has 0 saturated carbocycles. The molecule has 2 saturated heterocycles. The Morgan fingerprint density at radius 1 is 0.805 bits per heavy atom. The normalized spacial score (nSPS) is 27.9. The molecule has 10 heteroatoms. The summed E-state index contributed by atoms with van der Waals surface area (Å²) in [5.74, 6) is -0.573. The number of halogens is 2. The quantitative estimate of drug-likeness (QED) is 0.277. The zero-order valence-electron chi connectivity index (χ0n) is 22.2. The van der Waals surface area contributed by atoms with Crippen molar-refractivity contribution in [2.24, 2.45) is 5.92 Å². The lowest BCUT2D eigenvalue weighted by Gasteiger charge is -2.47. The summed E-state index contributed by atoms with van der Waals surface area (Å²) >= 11 is 0. The van der Waals surface area contributed by atoms with Crippen LogP contribution < -0.4 is 9.64 Å². The number of rotatable bonds is 10. The first kappa shape index (κ1) is 29.1. The maximum Gasteiger partial charge on any atom is 0.233 e. The summed E-state index contributed by atoms with van der Waals surface area (Å²) in [4.78, 5) is 14.9. The van der Waals surface area contributed by atoms with E-state index < -0.39 is 42.9 Å². The first-order valence-electron chi connectivity index (χ1n) is 13.6. The van der Waals surface area contributed by atoms with Crippen LogP contribution in [0.25, 0.3) is 0 Å². The van der Waals surface area contributed by atoms with Crippen LogP contribution in [0.5, 0.6) is 5.75 Å². The van der Waals surface area contributed by atoms with Crippen LogP contribution in [0.15, 0.2) is 72.8 Å². The molecule has 3 aromatic rings. The first-order valence-corrected chi connectivity index (χ1v) is 13.6. The van der Waals surface area contributed by atoms with Crippen molar-refractivity contribution in [1.82, 2.24) is 0 Å². The van der Waals surface area contributed by atoms with Gasteiger partial charge in [0.2, 0.25) is 5.91 Å². The second-order valence-corrected chi connectivity index (χ2v) is 10.5. The highest BCUT2D eigenvalue weighted by Gasteiger charge is 2.48. The molecule has 7 atom stereocenters. The second kappa shape index (κ2) is 12.6. The molecule has 8 nitrogen and oxygen atoms in total. The van der Waals surface area contributed by atoms with Crippen LogP contribution in [0.2, 0.25) is 0 Å². The van der Waals surface area contributed by atoms with E-state index in [9.17, 15) is 34.0 Å². The van der Waals surface area contributed by atoms with Gasteiger partial charge in [-0.1, -0.05) is 24.3 Å². The van der Waals surface area contributed by atoms with Gasteiger partial charge in [0.25, 0.3) is 0 Å². The van der Waals surface area contributed by atoms with E-state index in [0.717, 1.165) is 17.5 Å². The first-order chi connectivity index (χ1) is 19.8. The third-order valence-electron chi connectivity index (χ3n) is 7.84. The summed E-state index contributed by atoms with van der Waals surface area (Å²) in [6.07, 6.45) is -4.24. The standard InChI is InChI=1S/C31H33F2NO7/c32-20-8-4-18(5-9-20)2-1-3-24-27(34(31(24)39)22-12-10-21(33)11-13-22)19-6-14-23(15-7-19)40-17-26-29(37)30(38)28(36)25(16-35)41-26/h4-15,24-30,35-38H,1-3,16-17H2/t24?,25-,26-,27?,28-,29+,30+/m1/s1. The smallest absolute Gasteiger partial charge is 0.233 e. The van der Waals surface area contributed by atoms with Gasteiger partial charge in [-0.25, -0.2) is 8.78 Å². The molecule has 2 unspecified atom stereocenters. The fourth-order valence-electron chi connectivity index (χ4n) is 5.53. The Balaban J connectivity index is 1.27. The molecule has 2 aliphatic heterocycles. The summed E-state index contributed by atoms with van der Waals surface area (Å²) in [5, 5.41) is 39.6. The van der Waals surface area contributed by atoms with Crippen LogP contribution in [0, 0.1) is 17.6 Å². The lowest BCUT2D eigenvalue weighted by atomic mass is 9.78. The van der Waals surface area contributed by atoms with Gasteiger partial charge >= 0.3 is 0 Å². The number of anilines is 1. The van der Waals surface area contributed by atoms with Crippen molar-refractivity contribution < 1.29 is 43.5 Å². The van der Waals surface area contributed by atoms with Crippen LogP contribution in [0.1, 0.15) is 30.0 Å². The number of hydrogen-bond acceptors (Lipinski definition) is 7. The van der Waals surface area contributed by atoms with Crippen molar-refractivity contribution in [3.05, 3.63) is 95.6 Å². The molecule has 0 bridgehead atoms. The zero-order chi connectivity index (χ0) is 29.1. The number of aliphatic hydroxyl groups is 4. The van der Waals surface area contributed by atoms with Gasteiger partial charge in [-0.05, 0) is 78.9 Å². The Hall–Kier alpha value is -3.41. The van der Waals surface area contributed by atoms with E-state index >= 15 is 0 Å². The van der Waals surface area contributed by atoms with Gasteiger partial charge in [0.1, 0.15) is 54.5 Å². The van der Waals surface area contributed by atoms with Crippen molar-refractivity contribution in [2.45, 2.75) is 55.8 Å². The summed E-state index contributed by atoms with van der Waals surface area (Å²) < 4.78 is 38.1. The molecule has 2 heterocycles. The number of ether oxygens (including phenoxy) is 2. The molecule has 5 rings (SSSR count). The predicted octanol–water partition coefficient (Wildman–Crippen LogP) is 2.91. The Morgan fingerprint density at radius 2 is 1.41 bits per heavy atom. The van der Waals surface area contributed by atoms with Crippen LogP contribution in [0.3, 0.4) is 0 Å². The van der Waals surface area contributed by atoms with Crippen molar-refractivity contribution in [2.75, 3.05) is 18.1 Å². The number of β-lactam (4-membered cyclic amide) rings is 1. The zero-order valence-corrected chi connectivity index (χ0v) is 22.2. The molecule has 1 amide bonds. The number of carbonyl (C=O) groups excluding carboxylic acids is 1. The fourth-order valence-corrected chi connectivity index (χ4v) is 5.53. The third-order valence-corrected chi connectivity index (χ3v) is 7.84. The number of benzene rings is 3. The summed E-state index contributed by atoms with van der Waals surface area (Å²) in [6.45, 7) is -0.650. The highest BCUT2D eigenvalue weighted by atomic mass is 19.1. The van der Waals surface area contributed by atoms with Gasteiger partial charge < -0.3 is 34.8 Å². The van der Waals surface area contributed by atoms with Crippen LogP contribution >= 0.6 is 0 Å². The van der Waals surface area contributed by atoms with Crippen LogP contribution in [0.4, 0.5) is 14.5 Å². The summed E-state index contributed by atoms with van der Waals surface area (Å²) in [7, 11) is 0. The van der Waals surface area contributed by atoms with Crippen LogP contribution in [-0.2, 0) is 16.0 Å². The lowest BCUT2D eigenvalue weighted by molar-refractivity contribution is -0.234. The molecule has 41 heavy (non-hydrogen) atoms. The largest absolute Gasteiger partial charge is 0.491 e. The van der Waals surface area contributed by atoms with E-state index in [0.29, 0.717) is 24.3 Å². The van der Waals surface area contributed by atoms with Gasteiger partial charge in [-0.15, -0.1) is 0 Å². The van der Waals surface area contributed by atoms with E-state index in [1.165, 1.54) is 24.3 Å². The van der Waals surface area contributed by atoms with E-state index in [2.05, 4.69) is 0 Å². The minimum absolute atomic E-state index is 0.0522.